The molecule has 0 saturated carbocycles. The van der Waals surface area contributed by atoms with Gasteiger partial charge in [0.05, 0.1) is 11.1 Å². The van der Waals surface area contributed by atoms with Crippen molar-refractivity contribution < 1.29 is 4.79 Å². The smallest absolute Gasteiger partial charge is 0.250 e. The molecule has 5 nitrogen and oxygen atoms in total. The molecule has 0 aliphatic heterocycles. The van der Waals surface area contributed by atoms with Crippen LogP contribution in [-0.4, -0.2) is 15.9 Å². The van der Waals surface area contributed by atoms with Crippen LogP contribution in [0.3, 0.4) is 0 Å². The summed E-state index contributed by atoms with van der Waals surface area (Å²) in [6.07, 6.45) is 0. The number of hydrogen-bond donors (Lipinski definition) is 3. The van der Waals surface area contributed by atoms with Crippen LogP contribution < -0.4 is 11.1 Å². The lowest BCUT2D eigenvalue weighted by Crippen LogP contribution is -2.11. The molecule has 1 aromatic heterocycles. The topological polar surface area (TPSA) is 83.8 Å². The number of nitrogens with zero attached hydrogens (tertiary/aromatic N) is 1. The summed E-state index contributed by atoms with van der Waals surface area (Å²) < 4.78 is 0. The van der Waals surface area contributed by atoms with Crippen LogP contribution in [-0.2, 0) is 6.54 Å². The van der Waals surface area contributed by atoms with Crippen molar-refractivity contribution in [2.45, 2.75) is 20.4 Å². The van der Waals surface area contributed by atoms with Gasteiger partial charge in [-0.25, -0.2) is 4.98 Å². The summed E-state index contributed by atoms with van der Waals surface area (Å²) in [4.78, 5) is 19.4. The van der Waals surface area contributed by atoms with Gasteiger partial charge in [-0.3, -0.25) is 4.79 Å². The molecule has 28 heavy (non-hydrogen) atoms. The third-order valence-corrected chi connectivity index (χ3v) is 4.72. The van der Waals surface area contributed by atoms with E-state index in [9.17, 15) is 4.79 Å². The number of nitrogens with two attached hydrogens (primary N) is 1. The third kappa shape index (κ3) is 3.60. The Balaban J connectivity index is 1.54. The van der Waals surface area contributed by atoms with Crippen LogP contribution in [0.1, 0.15) is 27.0 Å². The number of fused-ring (bicyclic) bond motifs is 1. The Morgan fingerprint density at radius 3 is 2.43 bits per heavy atom. The zero-order chi connectivity index (χ0) is 19.7. The van der Waals surface area contributed by atoms with Crippen molar-refractivity contribution >= 4 is 22.6 Å². The monoisotopic (exact) mass is 370 g/mol. The van der Waals surface area contributed by atoms with Crippen molar-refractivity contribution in [3.63, 3.8) is 0 Å². The van der Waals surface area contributed by atoms with Gasteiger partial charge in [-0.05, 0) is 54.8 Å². The molecular formula is C23H22N4O. The van der Waals surface area contributed by atoms with Crippen molar-refractivity contribution in [2.75, 3.05) is 5.32 Å². The van der Waals surface area contributed by atoms with Crippen LogP contribution >= 0.6 is 0 Å². The SMILES string of the molecule is Cc1cc(C)cc(NCc2ccc(-c3nc4c(C(N)=O)cccc4[nH]3)cc2)c1. The molecule has 1 heterocycles. The Labute approximate surface area is 163 Å². The van der Waals surface area contributed by atoms with Crippen LogP contribution in [0.15, 0.2) is 60.7 Å². The number of rotatable bonds is 5. The van der Waals surface area contributed by atoms with Gasteiger partial charge >= 0.3 is 0 Å². The summed E-state index contributed by atoms with van der Waals surface area (Å²) in [6.45, 7) is 4.95. The number of hydrogen-bond acceptors (Lipinski definition) is 3. The summed E-state index contributed by atoms with van der Waals surface area (Å²) >= 11 is 0. The quantitative estimate of drug-likeness (QED) is 0.481. The first-order chi connectivity index (χ1) is 13.5. The Kier molecular flexibility index (Phi) is 4.57. The van der Waals surface area contributed by atoms with Crippen molar-refractivity contribution in [1.29, 1.82) is 0 Å². The van der Waals surface area contributed by atoms with E-state index in [-0.39, 0.29) is 0 Å². The molecule has 5 heteroatoms. The number of nitrogens with one attached hydrogen (secondary N) is 2. The van der Waals surface area contributed by atoms with Crippen LogP contribution in [0.4, 0.5) is 5.69 Å². The minimum atomic E-state index is -0.476. The first kappa shape index (κ1) is 17.8. The molecule has 0 spiro atoms. The molecule has 0 saturated heterocycles. The first-order valence-electron chi connectivity index (χ1n) is 9.19. The van der Waals surface area contributed by atoms with Crippen molar-refractivity contribution in [3.05, 3.63) is 82.9 Å². The molecular weight excluding hydrogens is 348 g/mol. The van der Waals surface area contributed by atoms with Gasteiger partial charge in [0.25, 0.3) is 5.91 Å². The molecule has 1 amide bonds. The van der Waals surface area contributed by atoms with E-state index in [4.69, 9.17) is 5.73 Å². The van der Waals surface area contributed by atoms with Crippen LogP contribution in [0.2, 0.25) is 0 Å². The van der Waals surface area contributed by atoms with Gasteiger partial charge in [0.1, 0.15) is 11.3 Å². The second kappa shape index (κ2) is 7.19. The highest BCUT2D eigenvalue weighted by Gasteiger charge is 2.12. The average molecular weight is 370 g/mol. The summed E-state index contributed by atoms with van der Waals surface area (Å²) in [7, 11) is 0. The lowest BCUT2D eigenvalue weighted by atomic mass is 10.1. The molecule has 0 unspecified atom stereocenters. The van der Waals surface area contributed by atoms with Gasteiger partial charge in [-0.15, -0.1) is 0 Å². The fourth-order valence-corrected chi connectivity index (χ4v) is 3.43. The van der Waals surface area contributed by atoms with Gasteiger partial charge in [0, 0.05) is 17.8 Å². The number of benzene rings is 3. The van der Waals surface area contributed by atoms with E-state index in [0.717, 1.165) is 29.1 Å². The fraction of sp³-hybridized carbons (Fsp3) is 0.130. The van der Waals surface area contributed by atoms with E-state index in [1.165, 1.54) is 16.7 Å². The van der Waals surface area contributed by atoms with Gasteiger partial charge < -0.3 is 16.0 Å². The van der Waals surface area contributed by atoms with Gasteiger partial charge in [-0.2, -0.15) is 0 Å². The minimum absolute atomic E-state index is 0.425. The molecule has 0 fully saturated rings. The minimum Gasteiger partial charge on any atom is -0.381 e. The van der Waals surface area contributed by atoms with Crippen molar-refractivity contribution in [2.24, 2.45) is 5.73 Å². The summed E-state index contributed by atoms with van der Waals surface area (Å²) in [5.74, 6) is 0.244. The number of primary amides is 1. The molecule has 0 bridgehead atoms. The predicted octanol–water partition coefficient (Wildman–Crippen LogP) is 4.56. The van der Waals surface area contributed by atoms with Gasteiger partial charge in [0.2, 0.25) is 0 Å². The van der Waals surface area contributed by atoms with Gasteiger partial charge in [0.15, 0.2) is 0 Å². The summed E-state index contributed by atoms with van der Waals surface area (Å²) in [6, 6.07) is 20.0. The molecule has 0 atom stereocenters. The van der Waals surface area contributed by atoms with E-state index in [1.807, 2.05) is 18.2 Å². The van der Waals surface area contributed by atoms with Crippen molar-refractivity contribution in [3.8, 4) is 11.4 Å². The third-order valence-electron chi connectivity index (χ3n) is 4.72. The normalized spacial score (nSPS) is 10.9. The number of H-pyrrole nitrogens is 1. The Bertz CT molecular complexity index is 1140. The Morgan fingerprint density at radius 1 is 1.04 bits per heavy atom. The Morgan fingerprint density at radius 2 is 1.75 bits per heavy atom. The maximum Gasteiger partial charge on any atom is 0.250 e. The number of carbonyl (C=O) groups excluding carboxylic acids is 1. The number of anilines is 1. The molecule has 4 N–H and O–H groups in total. The van der Waals surface area contributed by atoms with E-state index in [0.29, 0.717) is 11.1 Å². The van der Waals surface area contributed by atoms with Crippen LogP contribution in [0, 0.1) is 13.8 Å². The highest BCUT2D eigenvalue weighted by atomic mass is 16.1. The first-order valence-corrected chi connectivity index (χ1v) is 9.19. The maximum absolute atomic E-state index is 11.6. The zero-order valence-electron chi connectivity index (χ0n) is 15.9. The highest BCUT2D eigenvalue weighted by Crippen LogP contribution is 2.23. The number of carbonyl (C=O) groups is 1. The number of aromatic nitrogens is 2. The number of aryl methyl sites for hydroxylation is 2. The Hall–Kier alpha value is -3.60. The molecule has 0 aliphatic rings. The molecule has 0 aliphatic carbocycles. The second-order valence-electron chi connectivity index (χ2n) is 7.08. The second-order valence-corrected chi connectivity index (χ2v) is 7.08. The molecule has 4 aromatic rings. The number of amides is 1. The summed E-state index contributed by atoms with van der Waals surface area (Å²) in [5, 5.41) is 3.47. The average Bonchev–Trinajstić information content (AvgIpc) is 3.10. The predicted molar refractivity (Wildman–Crippen MR) is 113 cm³/mol. The highest BCUT2D eigenvalue weighted by molar-refractivity contribution is 6.04. The molecule has 0 radical (unpaired) electrons. The lowest BCUT2D eigenvalue weighted by molar-refractivity contribution is 0.100. The van der Waals surface area contributed by atoms with E-state index in [2.05, 4.69) is 59.5 Å². The van der Waals surface area contributed by atoms with Gasteiger partial charge in [-0.1, -0.05) is 36.4 Å². The zero-order valence-corrected chi connectivity index (χ0v) is 15.9. The van der Waals surface area contributed by atoms with Crippen molar-refractivity contribution in [1.82, 2.24) is 9.97 Å². The van der Waals surface area contributed by atoms with E-state index in [1.54, 1.807) is 12.1 Å². The number of aromatic amines is 1. The number of imidazole rings is 1. The molecule has 4 rings (SSSR count). The fourth-order valence-electron chi connectivity index (χ4n) is 3.43. The van der Waals surface area contributed by atoms with Crippen LogP contribution in [0.5, 0.6) is 0 Å². The summed E-state index contributed by atoms with van der Waals surface area (Å²) in [5.41, 5.74) is 13.0. The number of para-hydroxylation sites is 1. The molecule has 140 valence electrons. The molecule has 3 aromatic carbocycles. The van der Waals surface area contributed by atoms with E-state index >= 15 is 0 Å². The largest absolute Gasteiger partial charge is 0.381 e. The standard InChI is InChI=1S/C23H22N4O/c1-14-10-15(2)12-18(11-14)25-13-16-6-8-17(9-7-16)23-26-20-5-3-4-19(22(24)28)21(20)27-23/h3-12,25H,13H2,1-2H3,(H2,24,28)(H,26,27). The maximum atomic E-state index is 11.6. The van der Waals surface area contributed by atoms with E-state index < -0.39 is 5.91 Å². The lowest BCUT2D eigenvalue weighted by Gasteiger charge is -2.09. The van der Waals surface area contributed by atoms with Crippen LogP contribution in [0.25, 0.3) is 22.4 Å².